The summed E-state index contributed by atoms with van der Waals surface area (Å²) in [5.74, 6) is 1.48. The molecule has 0 spiro atoms. The zero-order valence-electron chi connectivity index (χ0n) is 21.9. The average Bonchev–Trinajstić information content (AvgIpc) is 2.92. The molecule has 3 aromatic carbocycles. The third kappa shape index (κ3) is 6.21. The molecule has 9 heteroatoms. The van der Waals surface area contributed by atoms with E-state index in [4.69, 9.17) is 23.7 Å². The van der Waals surface area contributed by atoms with Crippen LogP contribution in [0, 0.1) is 5.82 Å². The number of benzene rings is 3. The summed E-state index contributed by atoms with van der Waals surface area (Å²) < 4.78 is 43.2. The third-order valence-electron chi connectivity index (χ3n) is 6.16. The Kier molecular flexibility index (Phi) is 7.79. The average molecular weight is 533 g/mol. The van der Waals surface area contributed by atoms with Crippen molar-refractivity contribution in [3.63, 3.8) is 0 Å². The van der Waals surface area contributed by atoms with Gasteiger partial charge >= 0.3 is 5.97 Å². The van der Waals surface area contributed by atoms with Gasteiger partial charge in [-0.3, -0.25) is 9.69 Å². The number of pyridine rings is 1. The molecule has 202 valence electrons. The van der Waals surface area contributed by atoms with Crippen LogP contribution in [0.4, 0.5) is 4.39 Å². The first-order valence-electron chi connectivity index (χ1n) is 12.5. The van der Waals surface area contributed by atoms with E-state index in [0.29, 0.717) is 45.2 Å². The fraction of sp³-hybridized carbons (Fsp3) is 0.267. The molecule has 2 atom stereocenters. The lowest BCUT2D eigenvalue weighted by Crippen LogP contribution is -2.39. The first-order valence-corrected chi connectivity index (χ1v) is 12.5. The monoisotopic (exact) mass is 532 g/mol. The van der Waals surface area contributed by atoms with Crippen LogP contribution >= 0.6 is 0 Å². The number of fused-ring (bicyclic) bond motifs is 2. The number of carbonyl (C=O) groups is 1. The number of rotatable bonds is 9. The number of nitrogens with zero attached hydrogens (tertiary/aromatic N) is 2. The molecule has 1 aliphatic rings. The first-order chi connectivity index (χ1) is 18.9. The molecule has 8 nitrogen and oxygen atoms in total. The number of aromatic nitrogens is 1. The van der Waals surface area contributed by atoms with E-state index in [0.717, 1.165) is 0 Å². The minimum Gasteiger partial charge on any atom is -0.497 e. The summed E-state index contributed by atoms with van der Waals surface area (Å²) in [6.07, 6.45) is -1.34. The molecule has 0 aliphatic carbocycles. The zero-order valence-corrected chi connectivity index (χ0v) is 21.9. The highest BCUT2D eigenvalue weighted by Gasteiger charge is 2.37. The fourth-order valence-corrected chi connectivity index (χ4v) is 4.37. The van der Waals surface area contributed by atoms with Crippen molar-refractivity contribution in [2.75, 3.05) is 34.4 Å². The van der Waals surface area contributed by atoms with Gasteiger partial charge in [0.1, 0.15) is 30.5 Å². The van der Waals surface area contributed by atoms with Crippen LogP contribution in [0.2, 0.25) is 0 Å². The molecule has 1 aliphatic heterocycles. The maximum atomic E-state index is 13.5. The second-order valence-corrected chi connectivity index (χ2v) is 9.40. The van der Waals surface area contributed by atoms with Gasteiger partial charge in [-0.2, -0.15) is 0 Å². The predicted molar refractivity (Wildman–Crippen MR) is 143 cm³/mol. The van der Waals surface area contributed by atoms with Crippen LogP contribution in [0.5, 0.6) is 23.0 Å². The molecular weight excluding hydrogens is 503 g/mol. The van der Waals surface area contributed by atoms with Gasteiger partial charge in [0.15, 0.2) is 23.7 Å². The largest absolute Gasteiger partial charge is 0.497 e. The summed E-state index contributed by atoms with van der Waals surface area (Å²) in [4.78, 5) is 19.0. The lowest BCUT2D eigenvalue weighted by molar-refractivity contribution is -0.157. The Morgan fingerprint density at radius 1 is 1.05 bits per heavy atom. The molecule has 4 aromatic rings. The molecule has 0 saturated carbocycles. The van der Waals surface area contributed by atoms with Crippen molar-refractivity contribution in [1.82, 2.24) is 9.88 Å². The highest BCUT2D eigenvalue weighted by molar-refractivity contribution is 5.78. The number of halogens is 1. The molecule has 5 rings (SSSR count). The van der Waals surface area contributed by atoms with Gasteiger partial charge in [-0.25, -0.2) is 9.37 Å². The fourth-order valence-electron chi connectivity index (χ4n) is 4.37. The maximum Gasteiger partial charge on any atom is 0.320 e. The van der Waals surface area contributed by atoms with Crippen molar-refractivity contribution in [1.29, 1.82) is 0 Å². The van der Waals surface area contributed by atoms with E-state index in [1.165, 1.54) is 12.1 Å². The lowest BCUT2D eigenvalue weighted by Gasteiger charge is -2.34. The molecule has 1 aromatic heterocycles. The van der Waals surface area contributed by atoms with Crippen LogP contribution in [-0.2, 0) is 16.1 Å². The number of carbonyl (C=O) groups excluding carboxylic acids is 1. The third-order valence-corrected chi connectivity index (χ3v) is 6.16. The number of likely N-dealkylation sites (N-methyl/N-ethyl adjacent to an activating group) is 1. The van der Waals surface area contributed by atoms with Crippen molar-refractivity contribution >= 4 is 16.9 Å². The summed E-state index contributed by atoms with van der Waals surface area (Å²) in [5.41, 5.74) is 1.99. The molecule has 2 heterocycles. The Morgan fingerprint density at radius 2 is 1.87 bits per heavy atom. The second-order valence-electron chi connectivity index (χ2n) is 9.40. The van der Waals surface area contributed by atoms with Crippen molar-refractivity contribution in [2.45, 2.75) is 18.8 Å². The van der Waals surface area contributed by atoms with E-state index in [9.17, 15) is 9.18 Å². The van der Waals surface area contributed by atoms with Gasteiger partial charge in [0, 0.05) is 17.0 Å². The lowest BCUT2D eigenvalue weighted by atomic mass is 10.00. The van der Waals surface area contributed by atoms with E-state index in [1.54, 1.807) is 56.4 Å². The van der Waals surface area contributed by atoms with Gasteiger partial charge in [0.25, 0.3) is 0 Å². The van der Waals surface area contributed by atoms with Crippen LogP contribution in [0.25, 0.3) is 10.9 Å². The van der Waals surface area contributed by atoms with E-state index in [2.05, 4.69) is 4.98 Å². The summed E-state index contributed by atoms with van der Waals surface area (Å²) in [6.45, 7) is 0.415. The normalized spacial score (nSPS) is 16.3. The first kappa shape index (κ1) is 26.2. The number of ether oxygens (including phenoxy) is 5. The topological polar surface area (TPSA) is 79.4 Å². The highest BCUT2D eigenvalue weighted by atomic mass is 19.1. The van der Waals surface area contributed by atoms with Crippen molar-refractivity contribution in [3.8, 4) is 23.0 Å². The molecule has 39 heavy (non-hydrogen) atoms. The molecule has 0 saturated heterocycles. The number of para-hydroxylation sites is 1. The molecule has 0 N–H and O–H groups in total. The summed E-state index contributed by atoms with van der Waals surface area (Å²) in [7, 11) is 5.18. The molecule has 0 amide bonds. The molecular formula is C30H29FN2O6. The maximum absolute atomic E-state index is 13.5. The summed E-state index contributed by atoms with van der Waals surface area (Å²) in [6, 6.07) is 20.7. The van der Waals surface area contributed by atoms with Gasteiger partial charge in [0.2, 0.25) is 0 Å². The van der Waals surface area contributed by atoms with Gasteiger partial charge in [-0.15, -0.1) is 0 Å². The van der Waals surface area contributed by atoms with Gasteiger partial charge in [-0.1, -0.05) is 24.3 Å². The molecule has 0 unspecified atom stereocenters. The van der Waals surface area contributed by atoms with Crippen molar-refractivity contribution in [2.24, 2.45) is 0 Å². The molecule has 0 fully saturated rings. The molecule has 0 bridgehead atoms. The van der Waals surface area contributed by atoms with Gasteiger partial charge in [-0.05, 0) is 56.6 Å². The van der Waals surface area contributed by atoms with Crippen LogP contribution in [-0.4, -0.2) is 56.3 Å². The standard InChI is InChI=1S/C30H29FN2O6/c1-33(2)16-28(34)39-30-24-8-5-9-26(36-17-21-12-10-19-14-20(31)11-13-25(19)32-21)29(24)37-18-27(30)38-23-7-4-6-22(15-23)35-3/h4-15,27,30H,16-18H2,1-3H3/t27-,30+/m1/s1. The van der Waals surface area contributed by atoms with E-state index < -0.39 is 12.2 Å². The number of methoxy groups -OCH3 is 1. The summed E-state index contributed by atoms with van der Waals surface area (Å²) in [5, 5.41) is 0.712. The quantitative estimate of drug-likeness (QED) is 0.280. The Balaban J connectivity index is 1.39. The smallest absolute Gasteiger partial charge is 0.320 e. The highest BCUT2D eigenvalue weighted by Crippen LogP contribution is 2.42. The summed E-state index contributed by atoms with van der Waals surface area (Å²) >= 11 is 0. The van der Waals surface area contributed by atoms with Crippen molar-refractivity contribution < 1.29 is 32.9 Å². The minimum atomic E-state index is -0.732. The Bertz CT molecular complexity index is 1480. The van der Waals surface area contributed by atoms with Crippen LogP contribution in [0.1, 0.15) is 17.4 Å². The van der Waals surface area contributed by atoms with Crippen LogP contribution in [0.15, 0.2) is 72.8 Å². The van der Waals surface area contributed by atoms with Crippen molar-refractivity contribution in [3.05, 3.63) is 89.9 Å². The van der Waals surface area contributed by atoms with Gasteiger partial charge in [0.05, 0.1) is 24.9 Å². The molecule has 0 radical (unpaired) electrons. The van der Waals surface area contributed by atoms with Gasteiger partial charge < -0.3 is 23.7 Å². The second kappa shape index (κ2) is 11.6. The zero-order chi connectivity index (χ0) is 27.4. The SMILES string of the molecule is COc1cccc(O[C@@H]2COc3c(OCc4ccc5cc(F)ccc5n4)cccc3[C@@H]2OC(=O)CN(C)C)c1. The predicted octanol–water partition coefficient (Wildman–Crippen LogP) is 4.95. The van der Waals surface area contributed by atoms with E-state index in [-0.39, 0.29) is 31.5 Å². The Hall–Kier alpha value is -4.37. The minimum absolute atomic E-state index is 0.117. The Morgan fingerprint density at radius 3 is 2.69 bits per heavy atom. The Labute approximate surface area is 225 Å². The van der Waals surface area contributed by atoms with Crippen LogP contribution < -0.4 is 18.9 Å². The number of esters is 1. The number of hydrogen-bond donors (Lipinski definition) is 0. The van der Waals surface area contributed by atoms with E-state index in [1.807, 2.05) is 30.3 Å². The van der Waals surface area contributed by atoms with E-state index >= 15 is 0 Å². The van der Waals surface area contributed by atoms with Crippen LogP contribution in [0.3, 0.4) is 0 Å². The number of hydrogen-bond acceptors (Lipinski definition) is 8.